The van der Waals surface area contributed by atoms with Crippen molar-refractivity contribution in [2.75, 3.05) is 0 Å². The fraction of sp³-hybridized carbons (Fsp3) is 0.714. The molecule has 32 heavy (non-hydrogen) atoms. The van der Waals surface area contributed by atoms with Gasteiger partial charge in [0.25, 0.3) is 0 Å². The molecule has 0 aromatic heterocycles. The molecule has 4 heteroatoms. The molecule has 0 aliphatic heterocycles. The van der Waals surface area contributed by atoms with E-state index < -0.39 is 0 Å². The van der Waals surface area contributed by atoms with Crippen LogP contribution in [0.1, 0.15) is 128 Å². The van der Waals surface area contributed by atoms with Crippen molar-refractivity contribution in [3.05, 3.63) is 35.4 Å². The van der Waals surface area contributed by atoms with Crippen molar-refractivity contribution in [2.24, 2.45) is 0 Å². The second-order valence-corrected chi connectivity index (χ2v) is 9.12. The van der Waals surface area contributed by atoms with Crippen LogP contribution in [0.15, 0.2) is 24.3 Å². The predicted molar refractivity (Wildman–Crippen MR) is 135 cm³/mol. The summed E-state index contributed by atoms with van der Waals surface area (Å²) in [5, 5.41) is 6.06. The first-order chi connectivity index (χ1) is 15.7. The Morgan fingerprint density at radius 3 is 1.38 bits per heavy atom. The monoisotopic (exact) mass is 444 g/mol. The van der Waals surface area contributed by atoms with E-state index in [1.54, 1.807) is 0 Å². The lowest BCUT2D eigenvalue weighted by molar-refractivity contribution is -0.122. The van der Waals surface area contributed by atoms with Crippen LogP contribution in [0.4, 0.5) is 0 Å². The van der Waals surface area contributed by atoms with Crippen LogP contribution in [0, 0.1) is 0 Å². The summed E-state index contributed by atoms with van der Waals surface area (Å²) in [7, 11) is 0. The predicted octanol–water partition coefficient (Wildman–Crippen LogP) is 7.20. The van der Waals surface area contributed by atoms with E-state index in [-0.39, 0.29) is 11.8 Å². The zero-order valence-electron chi connectivity index (χ0n) is 20.9. The lowest BCUT2D eigenvalue weighted by Gasteiger charge is -2.09. The summed E-state index contributed by atoms with van der Waals surface area (Å²) >= 11 is 0. The third-order valence-electron chi connectivity index (χ3n) is 5.99. The second kappa shape index (κ2) is 19.8. The SMILES string of the molecule is CCCCCCCCCC(=O)NCc1cccc(CNC(=O)CCCCCCCCC)c1. The van der Waals surface area contributed by atoms with Gasteiger partial charge in [-0.3, -0.25) is 9.59 Å². The van der Waals surface area contributed by atoms with Crippen LogP contribution >= 0.6 is 0 Å². The Kier molecular flexibility index (Phi) is 17.5. The summed E-state index contributed by atoms with van der Waals surface area (Å²) in [6, 6.07) is 8.12. The van der Waals surface area contributed by atoms with E-state index in [1.807, 2.05) is 18.2 Å². The van der Waals surface area contributed by atoms with Gasteiger partial charge in [-0.25, -0.2) is 0 Å². The Morgan fingerprint density at radius 2 is 0.969 bits per heavy atom. The number of nitrogens with one attached hydrogen (secondary N) is 2. The van der Waals surface area contributed by atoms with E-state index in [4.69, 9.17) is 0 Å². The molecule has 0 aliphatic carbocycles. The first-order valence-corrected chi connectivity index (χ1v) is 13.3. The van der Waals surface area contributed by atoms with Crippen molar-refractivity contribution in [1.82, 2.24) is 10.6 Å². The van der Waals surface area contributed by atoms with Gasteiger partial charge in [0.2, 0.25) is 11.8 Å². The molecule has 1 aromatic carbocycles. The van der Waals surface area contributed by atoms with Crippen LogP contribution in [0.25, 0.3) is 0 Å². The number of rotatable bonds is 20. The zero-order chi connectivity index (χ0) is 23.3. The van der Waals surface area contributed by atoms with Gasteiger partial charge in [-0.2, -0.15) is 0 Å². The zero-order valence-corrected chi connectivity index (χ0v) is 20.9. The summed E-state index contributed by atoms with van der Waals surface area (Å²) in [5.41, 5.74) is 2.16. The normalized spacial score (nSPS) is 10.8. The number of unbranched alkanes of at least 4 members (excludes halogenated alkanes) is 12. The van der Waals surface area contributed by atoms with Crippen LogP contribution in [-0.4, -0.2) is 11.8 Å². The Balaban J connectivity index is 2.14. The number of hydrogen-bond acceptors (Lipinski definition) is 2. The van der Waals surface area contributed by atoms with Gasteiger partial charge in [-0.05, 0) is 24.0 Å². The van der Waals surface area contributed by atoms with Gasteiger partial charge < -0.3 is 10.6 Å². The highest BCUT2D eigenvalue weighted by Gasteiger charge is 2.04. The molecule has 0 saturated heterocycles. The molecule has 1 rings (SSSR count). The van der Waals surface area contributed by atoms with Crippen LogP contribution in [0.5, 0.6) is 0 Å². The number of carbonyl (C=O) groups is 2. The maximum absolute atomic E-state index is 12.1. The number of carbonyl (C=O) groups excluding carboxylic acids is 2. The van der Waals surface area contributed by atoms with E-state index in [9.17, 15) is 9.59 Å². The van der Waals surface area contributed by atoms with Gasteiger partial charge in [0.1, 0.15) is 0 Å². The van der Waals surface area contributed by atoms with Gasteiger partial charge in [-0.15, -0.1) is 0 Å². The standard InChI is InChI=1S/C28H48N2O2/c1-3-5-7-9-11-13-15-20-27(31)29-23-25-18-17-19-26(22-25)24-30-28(32)21-16-14-12-10-8-6-4-2/h17-19,22H,3-16,20-21,23-24H2,1-2H3,(H,29,31)(H,30,32). The molecule has 4 nitrogen and oxygen atoms in total. The first-order valence-electron chi connectivity index (χ1n) is 13.3. The third kappa shape index (κ3) is 15.9. The fourth-order valence-electron chi connectivity index (χ4n) is 3.91. The van der Waals surface area contributed by atoms with Crippen LogP contribution < -0.4 is 10.6 Å². The van der Waals surface area contributed by atoms with Gasteiger partial charge in [0.15, 0.2) is 0 Å². The topological polar surface area (TPSA) is 58.2 Å². The van der Waals surface area contributed by atoms with Crippen molar-refractivity contribution >= 4 is 11.8 Å². The molecule has 0 heterocycles. The molecular formula is C28H48N2O2. The van der Waals surface area contributed by atoms with Gasteiger partial charge in [0.05, 0.1) is 0 Å². The highest BCUT2D eigenvalue weighted by molar-refractivity contribution is 5.76. The quantitative estimate of drug-likeness (QED) is 0.209. The maximum atomic E-state index is 12.1. The molecule has 0 unspecified atom stereocenters. The lowest BCUT2D eigenvalue weighted by atomic mass is 10.1. The summed E-state index contributed by atoms with van der Waals surface area (Å²) in [5.74, 6) is 0.263. The molecule has 2 amide bonds. The highest BCUT2D eigenvalue weighted by atomic mass is 16.2. The average molecular weight is 445 g/mol. The minimum Gasteiger partial charge on any atom is -0.352 e. The number of benzene rings is 1. The van der Waals surface area contributed by atoms with Crippen molar-refractivity contribution in [1.29, 1.82) is 0 Å². The maximum Gasteiger partial charge on any atom is 0.220 e. The number of amides is 2. The largest absolute Gasteiger partial charge is 0.352 e. The fourth-order valence-corrected chi connectivity index (χ4v) is 3.91. The molecule has 0 saturated carbocycles. The van der Waals surface area contributed by atoms with Gasteiger partial charge >= 0.3 is 0 Å². The Bertz CT molecular complexity index is 566. The molecule has 182 valence electrons. The van der Waals surface area contributed by atoms with E-state index in [0.717, 1.165) is 36.8 Å². The Hall–Kier alpha value is -1.84. The minimum atomic E-state index is 0.131. The van der Waals surface area contributed by atoms with Crippen LogP contribution in [-0.2, 0) is 22.7 Å². The van der Waals surface area contributed by atoms with E-state index in [2.05, 4.69) is 30.5 Å². The summed E-state index contributed by atoms with van der Waals surface area (Å²) in [6.07, 6.45) is 18.3. The average Bonchev–Trinajstić information content (AvgIpc) is 2.80. The molecule has 0 radical (unpaired) electrons. The molecular weight excluding hydrogens is 396 g/mol. The summed E-state index contributed by atoms with van der Waals surface area (Å²) < 4.78 is 0. The third-order valence-corrected chi connectivity index (χ3v) is 5.99. The lowest BCUT2D eigenvalue weighted by Crippen LogP contribution is -2.23. The molecule has 0 bridgehead atoms. The molecule has 0 aliphatic rings. The van der Waals surface area contributed by atoms with E-state index >= 15 is 0 Å². The van der Waals surface area contributed by atoms with Crippen LogP contribution in [0.2, 0.25) is 0 Å². The first kappa shape index (κ1) is 28.2. The second-order valence-electron chi connectivity index (χ2n) is 9.12. The highest BCUT2D eigenvalue weighted by Crippen LogP contribution is 2.10. The minimum absolute atomic E-state index is 0.131. The molecule has 0 fully saturated rings. The number of hydrogen-bond donors (Lipinski definition) is 2. The van der Waals surface area contributed by atoms with Gasteiger partial charge in [-0.1, -0.05) is 115 Å². The van der Waals surface area contributed by atoms with Crippen molar-refractivity contribution in [3.8, 4) is 0 Å². The van der Waals surface area contributed by atoms with Crippen LogP contribution in [0.3, 0.4) is 0 Å². The molecule has 0 atom stereocenters. The van der Waals surface area contributed by atoms with Crippen molar-refractivity contribution in [3.63, 3.8) is 0 Å². The summed E-state index contributed by atoms with van der Waals surface area (Å²) in [6.45, 7) is 5.56. The van der Waals surface area contributed by atoms with Crippen molar-refractivity contribution < 1.29 is 9.59 Å². The van der Waals surface area contributed by atoms with E-state index in [1.165, 1.54) is 64.2 Å². The Morgan fingerprint density at radius 1 is 0.594 bits per heavy atom. The molecule has 0 spiro atoms. The Labute approximate surface area is 197 Å². The van der Waals surface area contributed by atoms with Crippen molar-refractivity contribution in [2.45, 2.75) is 130 Å². The molecule has 1 aromatic rings. The molecule has 2 N–H and O–H groups in total. The van der Waals surface area contributed by atoms with E-state index in [0.29, 0.717) is 25.9 Å². The smallest absolute Gasteiger partial charge is 0.220 e. The summed E-state index contributed by atoms with van der Waals surface area (Å²) in [4.78, 5) is 24.2. The van der Waals surface area contributed by atoms with Gasteiger partial charge in [0, 0.05) is 25.9 Å².